The van der Waals surface area contributed by atoms with Crippen LogP contribution in [0.3, 0.4) is 0 Å². The van der Waals surface area contributed by atoms with Crippen LogP contribution in [0, 0.1) is 0 Å². The Morgan fingerprint density at radius 2 is 2.16 bits per heavy atom. The average molecular weight is 257 g/mol. The van der Waals surface area contributed by atoms with Crippen molar-refractivity contribution in [1.29, 1.82) is 0 Å². The molecule has 4 heteroatoms. The van der Waals surface area contributed by atoms with Gasteiger partial charge in [0.15, 0.2) is 0 Å². The van der Waals surface area contributed by atoms with Crippen LogP contribution in [0.25, 0.3) is 0 Å². The number of benzene rings is 1. The first-order valence-corrected chi connectivity index (χ1v) is 6.95. The van der Waals surface area contributed by atoms with Crippen LogP contribution in [-0.4, -0.2) is 20.1 Å². The average Bonchev–Trinajstić information content (AvgIpc) is 3.06. The molecule has 0 fully saturated rings. The Hall–Kier alpha value is -1.68. The summed E-state index contributed by atoms with van der Waals surface area (Å²) in [5, 5.41) is 17.8. The maximum atomic E-state index is 9.72. The number of fused-ring (bicyclic) bond motifs is 1. The highest BCUT2D eigenvalue weighted by atomic mass is 16.3. The van der Waals surface area contributed by atoms with Gasteiger partial charge in [-0.3, -0.25) is 0 Å². The van der Waals surface area contributed by atoms with Crippen molar-refractivity contribution < 1.29 is 5.11 Å². The quantitative estimate of drug-likeness (QED) is 0.914. The Morgan fingerprint density at radius 1 is 1.32 bits per heavy atom. The van der Waals surface area contributed by atoms with E-state index in [1.807, 2.05) is 13.1 Å². The largest absolute Gasteiger partial charge is 0.387 e. The molecular weight excluding hydrogens is 238 g/mol. The number of hydrogen-bond acceptors (Lipinski definition) is 3. The van der Waals surface area contributed by atoms with Crippen LogP contribution < -0.4 is 0 Å². The first-order chi connectivity index (χ1) is 9.26. The zero-order valence-electron chi connectivity index (χ0n) is 11.2. The molecule has 1 unspecified atom stereocenters. The monoisotopic (exact) mass is 257 g/mol. The van der Waals surface area contributed by atoms with Crippen LogP contribution in [-0.2, 0) is 19.4 Å². The Labute approximate surface area is 113 Å². The van der Waals surface area contributed by atoms with Crippen LogP contribution in [0.5, 0.6) is 0 Å². The number of aryl methyl sites for hydroxylation is 2. The van der Waals surface area contributed by atoms with Crippen LogP contribution in [0.2, 0.25) is 0 Å². The van der Waals surface area contributed by atoms with Crippen molar-refractivity contribution >= 4 is 0 Å². The molecule has 3 rings (SSSR count). The summed E-state index contributed by atoms with van der Waals surface area (Å²) in [6.45, 7) is 2.65. The molecule has 1 aliphatic rings. The molecule has 1 aliphatic carbocycles. The van der Waals surface area contributed by atoms with E-state index < -0.39 is 6.10 Å². The summed E-state index contributed by atoms with van der Waals surface area (Å²) in [6, 6.07) is 6.68. The topological polar surface area (TPSA) is 50.9 Å². The molecule has 1 atom stereocenters. The number of nitrogens with zero attached hydrogens (tertiary/aromatic N) is 3. The van der Waals surface area contributed by atoms with Crippen LogP contribution >= 0.6 is 0 Å². The summed E-state index contributed by atoms with van der Waals surface area (Å²) in [5.74, 6) is 0. The number of rotatable bonds is 4. The molecule has 0 saturated carbocycles. The molecule has 4 nitrogen and oxygen atoms in total. The number of hydrogen-bond donors (Lipinski definition) is 1. The van der Waals surface area contributed by atoms with Crippen molar-refractivity contribution in [2.45, 2.75) is 45.3 Å². The Morgan fingerprint density at radius 3 is 3.00 bits per heavy atom. The Kier molecular flexibility index (Phi) is 3.34. The van der Waals surface area contributed by atoms with Crippen molar-refractivity contribution in [3.8, 4) is 0 Å². The number of aromatic nitrogens is 3. The summed E-state index contributed by atoms with van der Waals surface area (Å²) >= 11 is 0. The van der Waals surface area contributed by atoms with E-state index in [4.69, 9.17) is 0 Å². The van der Waals surface area contributed by atoms with E-state index in [-0.39, 0.29) is 0 Å². The van der Waals surface area contributed by atoms with Crippen molar-refractivity contribution in [3.05, 3.63) is 46.8 Å². The van der Waals surface area contributed by atoms with Gasteiger partial charge in [-0.1, -0.05) is 30.3 Å². The van der Waals surface area contributed by atoms with Gasteiger partial charge in [0, 0.05) is 0 Å². The van der Waals surface area contributed by atoms with Gasteiger partial charge in [-0.25, -0.2) is 4.68 Å². The summed E-state index contributed by atoms with van der Waals surface area (Å²) < 4.78 is 1.80. The lowest BCUT2D eigenvalue weighted by molar-refractivity contribution is 0.168. The fourth-order valence-corrected chi connectivity index (χ4v) is 2.66. The summed E-state index contributed by atoms with van der Waals surface area (Å²) in [4.78, 5) is 0. The third-order valence-corrected chi connectivity index (χ3v) is 3.79. The molecule has 0 aliphatic heterocycles. The lowest BCUT2D eigenvalue weighted by atomic mass is 10.1. The van der Waals surface area contributed by atoms with Gasteiger partial charge in [0.2, 0.25) is 0 Å². The number of aliphatic hydroxyl groups is 1. The fourth-order valence-electron chi connectivity index (χ4n) is 2.66. The molecule has 0 amide bonds. The summed E-state index contributed by atoms with van der Waals surface area (Å²) in [7, 11) is 0. The molecule has 0 spiro atoms. The van der Waals surface area contributed by atoms with E-state index in [1.54, 1.807) is 4.68 Å². The van der Waals surface area contributed by atoms with Gasteiger partial charge < -0.3 is 5.11 Å². The second-order valence-corrected chi connectivity index (χ2v) is 5.22. The highest BCUT2D eigenvalue weighted by molar-refractivity contribution is 5.35. The van der Waals surface area contributed by atoms with Crippen molar-refractivity contribution in [1.82, 2.24) is 15.0 Å². The van der Waals surface area contributed by atoms with Gasteiger partial charge in [-0.05, 0) is 42.4 Å². The zero-order chi connectivity index (χ0) is 13.2. The van der Waals surface area contributed by atoms with E-state index in [0.29, 0.717) is 12.1 Å². The maximum Gasteiger partial charge on any atom is 0.111 e. The van der Waals surface area contributed by atoms with Crippen LogP contribution in [0.1, 0.15) is 48.3 Å². The SMILES string of the molecule is CCC(O)c1cn(Cc2ccc3c(c2)CCC3)nn1. The van der Waals surface area contributed by atoms with Gasteiger partial charge in [-0.2, -0.15) is 0 Å². The molecule has 1 aromatic heterocycles. The molecule has 0 bridgehead atoms. The van der Waals surface area contributed by atoms with Gasteiger partial charge in [0.1, 0.15) is 5.69 Å². The molecule has 1 aromatic carbocycles. The molecule has 1 heterocycles. The predicted octanol–water partition coefficient (Wildman–Crippen LogP) is 2.26. The van der Waals surface area contributed by atoms with E-state index in [0.717, 1.165) is 6.54 Å². The second kappa shape index (κ2) is 5.13. The lowest BCUT2D eigenvalue weighted by Gasteiger charge is -2.05. The van der Waals surface area contributed by atoms with Gasteiger partial charge in [0.25, 0.3) is 0 Å². The minimum atomic E-state index is -0.506. The van der Waals surface area contributed by atoms with Crippen molar-refractivity contribution in [2.24, 2.45) is 0 Å². The minimum absolute atomic E-state index is 0.506. The lowest BCUT2D eigenvalue weighted by Crippen LogP contribution is -2.01. The van der Waals surface area contributed by atoms with E-state index in [2.05, 4.69) is 28.5 Å². The molecule has 100 valence electrons. The molecule has 2 aromatic rings. The van der Waals surface area contributed by atoms with E-state index >= 15 is 0 Å². The predicted molar refractivity (Wildman–Crippen MR) is 72.8 cm³/mol. The fraction of sp³-hybridized carbons (Fsp3) is 0.467. The van der Waals surface area contributed by atoms with Crippen molar-refractivity contribution in [2.75, 3.05) is 0 Å². The number of aliphatic hydroxyl groups excluding tert-OH is 1. The molecule has 0 saturated heterocycles. The van der Waals surface area contributed by atoms with Crippen LogP contribution in [0.15, 0.2) is 24.4 Å². The molecule has 19 heavy (non-hydrogen) atoms. The first kappa shape index (κ1) is 12.4. The highest BCUT2D eigenvalue weighted by Crippen LogP contribution is 2.23. The zero-order valence-corrected chi connectivity index (χ0v) is 11.2. The van der Waals surface area contributed by atoms with Gasteiger partial charge >= 0.3 is 0 Å². The van der Waals surface area contributed by atoms with Crippen LogP contribution in [0.4, 0.5) is 0 Å². The second-order valence-electron chi connectivity index (χ2n) is 5.22. The molecule has 0 radical (unpaired) electrons. The smallest absolute Gasteiger partial charge is 0.111 e. The molecular formula is C15H19N3O. The highest BCUT2D eigenvalue weighted by Gasteiger charge is 2.12. The van der Waals surface area contributed by atoms with Crippen molar-refractivity contribution in [3.63, 3.8) is 0 Å². The third kappa shape index (κ3) is 2.54. The third-order valence-electron chi connectivity index (χ3n) is 3.79. The van der Waals surface area contributed by atoms with E-state index in [1.165, 1.54) is 36.0 Å². The Balaban J connectivity index is 1.76. The van der Waals surface area contributed by atoms with Gasteiger partial charge in [0.05, 0.1) is 18.8 Å². The van der Waals surface area contributed by atoms with E-state index in [9.17, 15) is 5.11 Å². The van der Waals surface area contributed by atoms with Gasteiger partial charge in [-0.15, -0.1) is 5.10 Å². The standard InChI is InChI=1S/C15H19N3O/c1-2-15(19)14-10-18(17-16-14)9-11-6-7-12-4-3-5-13(12)8-11/h6-8,10,15,19H,2-5,9H2,1H3. The summed E-state index contributed by atoms with van der Waals surface area (Å²) in [6.07, 6.45) is 5.67. The first-order valence-electron chi connectivity index (χ1n) is 6.95. The Bertz CT molecular complexity index is 577. The normalized spacial score (nSPS) is 15.5. The minimum Gasteiger partial charge on any atom is -0.387 e. The summed E-state index contributed by atoms with van der Waals surface area (Å²) in [5.41, 5.74) is 4.88. The molecule has 1 N–H and O–H groups in total. The maximum absolute atomic E-state index is 9.72.